The molecular weight excluding hydrogens is 258 g/mol. The van der Waals surface area contributed by atoms with Crippen LogP contribution in [0, 0.1) is 6.92 Å². The minimum Gasteiger partial charge on any atom is -0.461 e. The Morgan fingerprint density at radius 3 is 2.71 bits per heavy atom. The van der Waals surface area contributed by atoms with Crippen LogP contribution in [-0.2, 0) is 6.54 Å². The van der Waals surface area contributed by atoms with Crippen LogP contribution in [0.4, 0.5) is 0 Å². The highest BCUT2D eigenvalue weighted by molar-refractivity contribution is 5.83. The zero-order valence-electron chi connectivity index (χ0n) is 12.5. The minimum atomic E-state index is 0.444. The van der Waals surface area contributed by atoms with E-state index in [1.54, 1.807) is 0 Å². The summed E-state index contributed by atoms with van der Waals surface area (Å²) >= 11 is 0. The molecule has 1 unspecified atom stereocenters. The molecule has 0 radical (unpaired) electrons. The molecule has 2 heteroatoms. The summed E-state index contributed by atoms with van der Waals surface area (Å²) in [6.45, 7) is 4.09. The van der Waals surface area contributed by atoms with E-state index in [0.29, 0.717) is 5.92 Å². The summed E-state index contributed by atoms with van der Waals surface area (Å²) in [5, 5.41) is 1.28. The highest BCUT2D eigenvalue weighted by Crippen LogP contribution is 2.37. The monoisotopic (exact) mass is 277 g/mol. The normalized spacial score (nSPS) is 18.9. The third-order valence-corrected chi connectivity index (χ3v) is 4.47. The molecule has 0 fully saturated rings. The molecule has 0 saturated carbocycles. The van der Waals surface area contributed by atoms with E-state index in [1.165, 1.54) is 22.1 Å². The predicted molar refractivity (Wildman–Crippen MR) is 85.6 cm³/mol. The van der Waals surface area contributed by atoms with Gasteiger partial charge < -0.3 is 9.32 Å². The smallest absolute Gasteiger partial charge is 0.134 e. The number of benzene rings is 2. The van der Waals surface area contributed by atoms with Crippen LogP contribution in [0.3, 0.4) is 0 Å². The molecule has 4 rings (SSSR count). The van der Waals surface area contributed by atoms with Crippen molar-refractivity contribution in [3.63, 3.8) is 0 Å². The Bertz CT molecular complexity index is 788. The third kappa shape index (κ3) is 2.07. The highest BCUT2D eigenvalue weighted by Gasteiger charge is 2.26. The third-order valence-electron chi connectivity index (χ3n) is 4.47. The summed E-state index contributed by atoms with van der Waals surface area (Å²) in [4.78, 5) is 2.40. The van der Waals surface area contributed by atoms with Crippen LogP contribution in [-0.4, -0.2) is 18.5 Å². The van der Waals surface area contributed by atoms with Gasteiger partial charge in [0, 0.05) is 24.4 Å². The first-order valence-electron chi connectivity index (χ1n) is 7.48. The molecule has 1 aromatic heterocycles. The standard InChI is InChI=1S/C19H19NO/c1-13-10-16-18-12-20(2)11-17(14-6-4-3-5-7-14)15(18)8-9-19(16)21-13/h3-10,17H,11-12H2,1-2H3. The van der Waals surface area contributed by atoms with E-state index in [0.717, 1.165) is 24.4 Å². The van der Waals surface area contributed by atoms with Crippen LogP contribution in [0.5, 0.6) is 0 Å². The summed E-state index contributed by atoms with van der Waals surface area (Å²) in [5.41, 5.74) is 5.28. The van der Waals surface area contributed by atoms with Crippen molar-refractivity contribution in [2.24, 2.45) is 0 Å². The van der Waals surface area contributed by atoms with E-state index in [-0.39, 0.29) is 0 Å². The molecule has 0 amide bonds. The van der Waals surface area contributed by atoms with Crippen molar-refractivity contribution in [1.29, 1.82) is 0 Å². The van der Waals surface area contributed by atoms with Gasteiger partial charge in [0.05, 0.1) is 0 Å². The van der Waals surface area contributed by atoms with Crippen molar-refractivity contribution in [3.8, 4) is 0 Å². The van der Waals surface area contributed by atoms with E-state index < -0.39 is 0 Å². The molecule has 1 aliphatic rings. The Morgan fingerprint density at radius 1 is 1.10 bits per heavy atom. The van der Waals surface area contributed by atoms with Crippen LogP contribution in [0.2, 0.25) is 0 Å². The van der Waals surface area contributed by atoms with Gasteiger partial charge in [-0.3, -0.25) is 0 Å². The summed E-state index contributed by atoms with van der Waals surface area (Å²) < 4.78 is 5.79. The van der Waals surface area contributed by atoms with Crippen molar-refractivity contribution in [3.05, 3.63) is 71.0 Å². The molecule has 2 nitrogen and oxygen atoms in total. The summed E-state index contributed by atoms with van der Waals surface area (Å²) in [6, 6.07) is 17.4. The summed E-state index contributed by atoms with van der Waals surface area (Å²) in [7, 11) is 2.20. The molecule has 0 N–H and O–H groups in total. The maximum Gasteiger partial charge on any atom is 0.134 e. The number of rotatable bonds is 1. The van der Waals surface area contributed by atoms with Crippen molar-refractivity contribution in [2.45, 2.75) is 19.4 Å². The lowest BCUT2D eigenvalue weighted by Gasteiger charge is -2.33. The number of hydrogen-bond donors (Lipinski definition) is 0. The molecule has 1 atom stereocenters. The lowest BCUT2D eigenvalue weighted by molar-refractivity contribution is 0.296. The molecule has 21 heavy (non-hydrogen) atoms. The average molecular weight is 277 g/mol. The number of nitrogens with zero attached hydrogens (tertiary/aromatic N) is 1. The largest absolute Gasteiger partial charge is 0.461 e. The van der Waals surface area contributed by atoms with Gasteiger partial charge in [-0.05, 0) is 42.8 Å². The van der Waals surface area contributed by atoms with E-state index in [1.807, 2.05) is 6.92 Å². The van der Waals surface area contributed by atoms with Crippen LogP contribution in [0.15, 0.2) is 52.9 Å². The SMILES string of the molecule is Cc1cc2c3c(ccc2o1)C(c1ccccc1)CN(C)C3. The summed E-state index contributed by atoms with van der Waals surface area (Å²) in [5.74, 6) is 1.43. The van der Waals surface area contributed by atoms with Crippen molar-refractivity contribution in [1.82, 2.24) is 4.90 Å². The fraction of sp³-hybridized carbons (Fsp3) is 0.263. The Morgan fingerprint density at radius 2 is 1.90 bits per heavy atom. The number of hydrogen-bond acceptors (Lipinski definition) is 2. The molecule has 1 aliphatic heterocycles. The summed E-state index contributed by atoms with van der Waals surface area (Å²) in [6.07, 6.45) is 0. The molecule has 3 aromatic rings. The number of likely N-dealkylation sites (N-methyl/N-ethyl adjacent to an activating group) is 1. The lowest BCUT2D eigenvalue weighted by atomic mass is 9.83. The Kier molecular flexibility index (Phi) is 2.86. The topological polar surface area (TPSA) is 16.4 Å². The van der Waals surface area contributed by atoms with Crippen molar-refractivity contribution < 1.29 is 4.42 Å². The first kappa shape index (κ1) is 12.7. The fourth-order valence-corrected chi connectivity index (χ4v) is 3.53. The average Bonchev–Trinajstić information content (AvgIpc) is 2.88. The number of aryl methyl sites for hydroxylation is 1. The van der Waals surface area contributed by atoms with Gasteiger partial charge in [-0.25, -0.2) is 0 Å². The Labute approximate surface area is 125 Å². The molecule has 0 bridgehead atoms. The van der Waals surface area contributed by atoms with Crippen molar-refractivity contribution >= 4 is 11.0 Å². The Hall–Kier alpha value is -2.06. The molecule has 2 heterocycles. The molecule has 2 aromatic carbocycles. The van der Waals surface area contributed by atoms with Crippen LogP contribution in [0.1, 0.15) is 28.4 Å². The van der Waals surface area contributed by atoms with Gasteiger partial charge in [0.25, 0.3) is 0 Å². The lowest BCUT2D eigenvalue weighted by Crippen LogP contribution is -2.31. The molecule has 0 aliphatic carbocycles. The zero-order valence-corrected chi connectivity index (χ0v) is 12.5. The molecule has 106 valence electrons. The minimum absolute atomic E-state index is 0.444. The maximum absolute atomic E-state index is 5.79. The van der Waals surface area contributed by atoms with Gasteiger partial charge >= 0.3 is 0 Å². The number of fused-ring (bicyclic) bond motifs is 3. The predicted octanol–water partition coefficient (Wildman–Crippen LogP) is 4.32. The first-order valence-corrected chi connectivity index (χ1v) is 7.48. The van der Waals surface area contributed by atoms with Crippen molar-refractivity contribution in [2.75, 3.05) is 13.6 Å². The second kappa shape index (κ2) is 4.74. The fourth-order valence-electron chi connectivity index (χ4n) is 3.53. The van der Waals surface area contributed by atoms with Gasteiger partial charge in [-0.15, -0.1) is 0 Å². The van der Waals surface area contributed by atoms with Crippen LogP contribution < -0.4 is 0 Å². The number of furan rings is 1. The van der Waals surface area contributed by atoms with Gasteiger partial charge in [0.15, 0.2) is 0 Å². The zero-order chi connectivity index (χ0) is 14.4. The second-order valence-electron chi connectivity index (χ2n) is 6.06. The molecule has 0 spiro atoms. The molecule has 0 saturated heterocycles. The van der Waals surface area contributed by atoms with Crippen LogP contribution in [0.25, 0.3) is 11.0 Å². The van der Waals surface area contributed by atoms with E-state index >= 15 is 0 Å². The van der Waals surface area contributed by atoms with Gasteiger partial charge in [-0.2, -0.15) is 0 Å². The van der Waals surface area contributed by atoms with Gasteiger partial charge in [0.1, 0.15) is 11.3 Å². The van der Waals surface area contributed by atoms with E-state index in [9.17, 15) is 0 Å². The highest BCUT2D eigenvalue weighted by atomic mass is 16.3. The Balaban J connectivity index is 1.93. The van der Waals surface area contributed by atoms with Gasteiger partial charge in [0.2, 0.25) is 0 Å². The van der Waals surface area contributed by atoms with Crippen LogP contribution >= 0.6 is 0 Å². The quantitative estimate of drug-likeness (QED) is 0.658. The van der Waals surface area contributed by atoms with Gasteiger partial charge in [-0.1, -0.05) is 36.4 Å². The maximum atomic E-state index is 5.79. The van der Waals surface area contributed by atoms with E-state index in [2.05, 4.69) is 60.5 Å². The molecular formula is C19H19NO. The van der Waals surface area contributed by atoms with E-state index in [4.69, 9.17) is 4.42 Å². The first-order chi connectivity index (χ1) is 10.2. The second-order valence-corrected chi connectivity index (χ2v) is 6.06.